The minimum atomic E-state index is -0.452. The van der Waals surface area contributed by atoms with Crippen molar-refractivity contribution in [2.75, 3.05) is 6.54 Å². The maximum atomic E-state index is 11.4. The SMILES string of the molecule is CC(C)(C)OC(=O)C1CC(O)CN1. The van der Waals surface area contributed by atoms with Crippen LogP contribution in [0.2, 0.25) is 0 Å². The van der Waals surface area contributed by atoms with Gasteiger partial charge in [0.15, 0.2) is 0 Å². The van der Waals surface area contributed by atoms with Crippen molar-refractivity contribution in [3.8, 4) is 0 Å². The van der Waals surface area contributed by atoms with E-state index in [4.69, 9.17) is 4.74 Å². The third-order valence-electron chi connectivity index (χ3n) is 1.80. The van der Waals surface area contributed by atoms with Crippen LogP contribution in [-0.4, -0.2) is 35.4 Å². The summed E-state index contributed by atoms with van der Waals surface area (Å²) in [7, 11) is 0. The predicted octanol–water partition coefficient (Wildman–Crippen LogP) is 0.0509. The first kappa shape index (κ1) is 10.5. The van der Waals surface area contributed by atoms with Crippen molar-refractivity contribution >= 4 is 5.97 Å². The van der Waals surface area contributed by atoms with E-state index < -0.39 is 11.7 Å². The zero-order valence-corrected chi connectivity index (χ0v) is 8.33. The van der Waals surface area contributed by atoms with E-state index in [1.807, 2.05) is 20.8 Å². The summed E-state index contributed by atoms with van der Waals surface area (Å²) in [6.07, 6.45) is 0.0343. The number of β-amino-alcohol motifs (C(OH)–C–C–N with tert-alkyl or cyclic N) is 1. The molecule has 0 amide bonds. The van der Waals surface area contributed by atoms with E-state index in [-0.39, 0.29) is 12.0 Å². The van der Waals surface area contributed by atoms with Crippen LogP contribution in [-0.2, 0) is 9.53 Å². The van der Waals surface area contributed by atoms with Crippen molar-refractivity contribution in [2.45, 2.75) is 44.9 Å². The average Bonchev–Trinajstić information content (AvgIpc) is 2.31. The lowest BCUT2D eigenvalue weighted by Crippen LogP contribution is -2.37. The Kier molecular flexibility index (Phi) is 2.93. The minimum absolute atomic E-state index is 0.274. The molecular formula is C9H17NO3. The number of carbonyl (C=O) groups is 1. The lowest BCUT2D eigenvalue weighted by molar-refractivity contribution is -0.157. The summed E-state index contributed by atoms with van der Waals surface area (Å²) >= 11 is 0. The first-order chi connectivity index (χ1) is 5.88. The Balaban J connectivity index is 2.41. The second kappa shape index (κ2) is 3.64. The van der Waals surface area contributed by atoms with Crippen LogP contribution in [0.15, 0.2) is 0 Å². The Hall–Kier alpha value is -0.610. The number of nitrogens with one attached hydrogen (secondary N) is 1. The Morgan fingerprint density at radius 3 is 2.54 bits per heavy atom. The van der Waals surface area contributed by atoms with E-state index in [1.54, 1.807) is 0 Å². The fraction of sp³-hybridized carbons (Fsp3) is 0.889. The van der Waals surface area contributed by atoms with E-state index in [0.29, 0.717) is 13.0 Å². The largest absolute Gasteiger partial charge is 0.459 e. The van der Waals surface area contributed by atoms with Crippen LogP contribution in [0.5, 0.6) is 0 Å². The van der Waals surface area contributed by atoms with Gasteiger partial charge >= 0.3 is 5.97 Å². The molecule has 2 N–H and O–H groups in total. The van der Waals surface area contributed by atoms with Crippen LogP contribution in [0.25, 0.3) is 0 Å². The summed E-state index contributed by atoms with van der Waals surface area (Å²) in [6.45, 7) is 5.97. The summed E-state index contributed by atoms with van der Waals surface area (Å²) in [4.78, 5) is 11.4. The quantitative estimate of drug-likeness (QED) is 0.569. The van der Waals surface area contributed by atoms with Crippen molar-refractivity contribution in [3.63, 3.8) is 0 Å². The third-order valence-corrected chi connectivity index (χ3v) is 1.80. The van der Waals surface area contributed by atoms with Crippen molar-refractivity contribution in [3.05, 3.63) is 0 Å². The van der Waals surface area contributed by atoms with E-state index >= 15 is 0 Å². The van der Waals surface area contributed by atoms with Gasteiger partial charge in [-0.2, -0.15) is 0 Å². The molecule has 1 fully saturated rings. The second-order valence-electron chi connectivity index (χ2n) is 4.38. The zero-order valence-electron chi connectivity index (χ0n) is 8.33. The predicted molar refractivity (Wildman–Crippen MR) is 48.3 cm³/mol. The number of rotatable bonds is 1. The molecule has 2 atom stereocenters. The topological polar surface area (TPSA) is 58.6 Å². The van der Waals surface area contributed by atoms with Crippen LogP contribution >= 0.6 is 0 Å². The van der Waals surface area contributed by atoms with Gasteiger partial charge in [-0.1, -0.05) is 0 Å². The fourth-order valence-corrected chi connectivity index (χ4v) is 1.27. The van der Waals surface area contributed by atoms with E-state index in [2.05, 4.69) is 5.32 Å². The average molecular weight is 187 g/mol. The molecule has 1 heterocycles. The van der Waals surface area contributed by atoms with Gasteiger partial charge in [-0.15, -0.1) is 0 Å². The molecule has 1 saturated heterocycles. The maximum Gasteiger partial charge on any atom is 0.323 e. The normalized spacial score (nSPS) is 28.9. The van der Waals surface area contributed by atoms with Gasteiger partial charge in [0.05, 0.1) is 6.10 Å². The second-order valence-corrected chi connectivity index (χ2v) is 4.38. The highest BCUT2D eigenvalue weighted by atomic mass is 16.6. The molecule has 13 heavy (non-hydrogen) atoms. The molecule has 0 aromatic rings. The molecule has 76 valence electrons. The molecule has 0 aliphatic carbocycles. The monoisotopic (exact) mass is 187 g/mol. The number of esters is 1. The van der Waals surface area contributed by atoms with Gasteiger partial charge in [0, 0.05) is 13.0 Å². The third kappa shape index (κ3) is 3.32. The Labute approximate surface area is 78.3 Å². The van der Waals surface area contributed by atoms with E-state index in [0.717, 1.165) is 0 Å². The molecule has 0 aromatic heterocycles. The van der Waals surface area contributed by atoms with Gasteiger partial charge in [0.25, 0.3) is 0 Å². The molecule has 2 unspecified atom stereocenters. The van der Waals surface area contributed by atoms with Gasteiger partial charge in [0.1, 0.15) is 11.6 Å². The van der Waals surface area contributed by atoms with Crippen LogP contribution in [0.1, 0.15) is 27.2 Å². The van der Waals surface area contributed by atoms with Crippen LogP contribution < -0.4 is 5.32 Å². The Morgan fingerprint density at radius 1 is 1.54 bits per heavy atom. The molecule has 0 radical (unpaired) electrons. The molecule has 4 nitrogen and oxygen atoms in total. The van der Waals surface area contributed by atoms with Crippen LogP contribution in [0, 0.1) is 0 Å². The van der Waals surface area contributed by atoms with Crippen molar-refractivity contribution in [1.82, 2.24) is 5.32 Å². The first-order valence-corrected chi connectivity index (χ1v) is 4.53. The Bertz CT molecular complexity index is 198. The van der Waals surface area contributed by atoms with Gasteiger partial charge in [-0.05, 0) is 20.8 Å². The highest BCUT2D eigenvalue weighted by Crippen LogP contribution is 2.13. The number of hydrogen-bond donors (Lipinski definition) is 2. The number of aliphatic hydroxyl groups excluding tert-OH is 1. The van der Waals surface area contributed by atoms with Crippen LogP contribution in [0.4, 0.5) is 0 Å². The molecular weight excluding hydrogens is 170 g/mol. The van der Waals surface area contributed by atoms with Gasteiger partial charge in [0.2, 0.25) is 0 Å². The van der Waals surface area contributed by atoms with Gasteiger partial charge in [-0.3, -0.25) is 4.79 Å². The molecule has 1 rings (SSSR count). The highest BCUT2D eigenvalue weighted by Gasteiger charge is 2.31. The van der Waals surface area contributed by atoms with E-state index in [9.17, 15) is 9.90 Å². The summed E-state index contributed by atoms with van der Waals surface area (Å²) < 4.78 is 5.16. The number of hydrogen-bond acceptors (Lipinski definition) is 4. The van der Waals surface area contributed by atoms with Crippen molar-refractivity contribution in [2.24, 2.45) is 0 Å². The number of ether oxygens (including phenoxy) is 1. The summed E-state index contributed by atoms with van der Waals surface area (Å²) in [5.74, 6) is -0.274. The maximum absolute atomic E-state index is 11.4. The van der Waals surface area contributed by atoms with Gasteiger partial charge in [-0.25, -0.2) is 0 Å². The Morgan fingerprint density at radius 2 is 2.15 bits per heavy atom. The molecule has 1 aliphatic heterocycles. The standard InChI is InChI=1S/C9H17NO3/c1-9(2,3)13-8(12)7-4-6(11)5-10-7/h6-7,10-11H,4-5H2,1-3H3. The molecule has 0 aromatic carbocycles. The smallest absolute Gasteiger partial charge is 0.323 e. The summed E-state index contributed by atoms with van der Waals surface area (Å²) in [5.41, 5.74) is -0.452. The van der Waals surface area contributed by atoms with Gasteiger partial charge < -0.3 is 15.2 Å². The minimum Gasteiger partial charge on any atom is -0.459 e. The lowest BCUT2D eigenvalue weighted by Gasteiger charge is -2.21. The van der Waals surface area contributed by atoms with E-state index in [1.165, 1.54) is 0 Å². The molecule has 4 heteroatoms. The zero-order chi connectivity index (χ0) is 10.1. The number of carbonyl (C=O) groups excluding carboxylic acids is 1. The molecule has 1 aliphatic rings. The fourth-order valence-electron chi connectivity index (χ4n) is 1.27. The molecule has 0 spiro atoms. The lowest BCUT2D eigenvalue weighted by atomic mass is 10.1. The van der Waals surface area contributed by atoms with Crippen LogP contribution in [0.3, 0.4) is 0 Å². The summed E-state index contributed by atoms with van der Waals surface area (Å²) in [5, 5.41) is 12.1. The molecule has 0 bridgehead atoms. The van der Waals surface area contributed by atoms with Crippen molar-refractivity contribution in [1.29, 1.82) is 0 Å². The van der Waals surface area contributed by atoms with Crippen molar-refractivity contribution < 1.29 is 14.6 Å². The number of aliphatic hydroxyl groups is 1. The highest BCUT2D eigenvalue weighted by molar-refractivity contribution is 5.76. The molecule has 0 saturated carbocycles. The summed E-state index contributed by atoms with van der Waals surface area (Å²) in [6, 6.07) is -0.339. The first-order valence-electron chi connectivity index (χ1n) is 4.53.